The normalized spacial score (nSPS) is 19.2. The molecule has 1 aromatic carbocycles. The molecule has 0 radical (unpaired) electrons. The lowest BCUT2D eigenvalue weighted by molar-refractivity contribution is 0.129. The molecule has 2 atom stereocenters. The summed E-state index contributed by atoms with van der Waals surface area (Å²) in [5.74, 6) is 1.00. The molecule has 2 rings (SSSR count). The smallest absolute Gasteiger partial charge is 0.317 e. The third-order valence-corrected chi connectivity index (χ3v) is 4.56. The fraction of sp³-hybridized carbons (Fsp3) is 0.632. The zero-order valence-electron chi connectivity index (χ0n) is 15.2. The van der Waals surface area contributed by atoms with Crippen LogP contribution < -0.4 is 10.1 Å². The monoisotopic (exact) mass is 334 g/mol. The van der Waals surface area contributed by atoms with E-state index in [1.807, 2.05) is 12.1 Å². The summed E-state index contributed by atoms with van der Waals surface area (Å²) < 4.78 is 5.67. The number of hydrogen-bond acceptors (Lipinski definition) is 3. The van der Waals surface area contributed by atoms with E-state index in [9.17, 15) is 9.90 Å². The Morgan fingerprint density at radius 3 is 2.58 bits per heavy atom. The number of hydrogen-bond donors (Lipinski definition) is 2. The first-order valence-corrected chi connectivity index (χ1v) is 8.71. The molecule has 0 saturated carbocycles. The van der Waals surface area contributed by atoms with Crippen LogP contribution in [0.1, 0.15) is 39.7 Å². The van der Waals surface area contributed by atoms with E-state index in [2.05, 4.69) is 38.2 Å². The van der Waals surface area contributed by atoms with E-state index in [4.69, 9.17) is 4.74 Å². The molecule has 2 N–H and O–H groups in total. The number of nitrogens with one attached hydrogen (secondary N) is 1. The molecule has 0 aromatic heterocycles. The zero-order chi connectivity index (χ0) is 17.7. The highest BCUT2D eigenvalue weighted by Gasteiger charge is 2.28. The van der Waals surface area contributed by atoms with Crippen LogP contribution in [0.15, 0.2) is 24.3 Å². The van der Waals surface area contributed by atoms with Crippen molar-refractivity contribution in [3.63, 3.8) is 0 Å². The van der Waals surface area contributed by atoms with Crippen LogP contribution in [-0.2, 0) is 5.41 Å². The van der Waals surface area contributed by atoms with Crippen molar-refractivity contribution in [1.29, 1.82) is 0 Å². The summed E-state index contributed by atoms with van der Waals surface area (Å²) in [5.41, 5.74) is 1.40. The number of urea groups is 1. The Morgan fingerprint density at radius 1 is 1.38 bits per heavy atom. The van der Waals surface area contributed by atoms with Gasteiger partial charge in [-0.2, -0.15) is 0 Å². The molecule has 0 unspecified atom stereocenters. The number of amides is 2. The maximum absolute atomic E-state index is 12.1. The topological polar surface area (TPSA) is 61.8 Å². The van der Waals surface area contributed by atoms with Gasteiger partial charge in [0.1, 0.15) is 12.4 Å². The maximum Gasteiger partial charge on any atom is 0.317 e. The second-order valence-electron chi connectivity index (χ2n) is 7.59. The molecule has 2 amide bonds. The molecule has 1 heterocycles. The van der Waals surface area contributed by atoms with Gasteiger partial charge in [0.2, 0.25) is 0 Å². The van der Waals surface area contributed by atoms with Gasteiger partial charge in [-0.15, -0.1) is 0 Å². The molecule has 1 saturated heterocycles. The average Bonchev–Trinajstić information content (AvgIpc) is 3.01. The SMILES string of the molecule is C[C@H](O)[C@@H]1CCN(C(=O)NCCOc2ccc(C(C)(C)C)cc2)C1. The van der Waals surface area contributed by atoms with Crippen LogP contribution in [0, 0.1) is 5.92 Å². The molecule has 0 spiro atoms. The van der Waals surface area contributed by atoms with Gasteiger partial charge in [-0.25, -0.2) is 4.79 Å². The third-order valence-electron chi connectivity index (χ3n) is 4.56. The van der Waals surface area contributed by atoms with Crippen molar-refractivity contribution in [3.05, 3.63) is 29.8 Å². The van der Waals surface area contributed by atoms with E-state index in [0.717, 1.165) is 12.2 Å². The van der Waals surface area contributed by atoms with Crippen LogP contribution in [0.5, 0.6) is 5.75 Å². The summed E-state index contributed by atoms with van der Waals surface area (Å²) in [6.45, 7) is 10.6. The second-order valence-corrected chi connectivity index (χ2v) is 7.59. The van der Waals surface area contributed by atoms with Crippen molar-refractivity contribution in [2.24, 2.45) is 5.92 Å². The van der Waals surface area contributed by atoms with Gasteiger partial charge in [-0.1, -0.05) is 32.9 Å². The number of aliphatic hydroxyl groups is 1. The first kappa shape index (κ1) is 18.6. The lowest BCUT2D eigenvalue weighted by atomic mass is 9.87. The largest absolute Gasteiger partial charge is 0.492 e. The number of carbonyl (C=O) groups excluding carboxylic acids is 1. The van der Waals surface area contributed by atoms with Crippen LogP contribution in [0.3, 0.4) is 0 Å². The number of nitrogens with zero attached hydrogens (tertiary/aromatic N) is 1. The molecule has 5 nitrogen and oxygen atoms in total. The van der Waals surface area contributed by atoms with Gasteiger partial charge < -0.3 is 20.1 Å². The lowest BCUT2D eigenvalue weighted by Crippen LogP contribution is -2.40. The summed E-state index contributed by atoms with van der Waals surface area (Å²) in [5, 5.41) is 12.5. The summed E-state index contributed by atoms with van der Waals surface area (Å²) in [6, 6.07) is 8.01. The predicted molar refractivity (Wildman–Crippen MR) is 95.4 cm³/mol. The second kappa shape index (κ2) is 7.88. The fourth-order valence-corrected chi connectivity index (χ4v) is 2.86. The van der Waals surface area contributed by atoms with Crippen LogP contribution in [0.25, 0.3) is 0 Å². The van der Waals surface area contributed by atoms with Gasteiger partial charge in [-0.05, 0) is 36.5 Å². The minimum absolute atomic E-state index is 0.0789. The number of rotatable bonds is 5. The Kier molecular flexibility index (Phi) is 6.10. The molecule has 0 bridgehead atoms. The molecule has 24 heavy (non-hydrogen) atoms. The highest BCUT2D eigenvalue weighted by Crippen LogP contribution is 2.24. The standard InChI is InChI=1S/C19H30N2O3/c1-14(22)15-9-11-21(13-15)18(23)20-10-12-24-17-7-5-16(6-8-17)19(2,3)4/h5-8,14-15,22H,9-13H2,1-4H3,(H,20,23)/t14-,15+/m0/s1. The molecule has 0 aliphatic carbocycles. The first-order chi connectivity index (χ1) is 11.3. The van der Waals surface area contributed by atoms with Crippen LogP contribution in [-0.4, -0.2) is 48.4 Å². The number of aliphatic hydroxyl groups excluding tert-OH is 1. The van der Waals surface area contributed by atoms with Crippen LogP contribution in [0.4, 0.5) is 4.79 Å². The Morgan fingerprint density at radius 2 is 2.04 bits per heavy atom. The molecule has 1 fully saturated rings. The van der Waals surface area contributed by atoms with Crippen LogP contribution in [0.2, 0.25) is 0 Å². The molecular formula is C19H30N2O3. The van der Waals surface area contributed by atoms with E-state index in [0.29, 0.717) is 26.2 Å². The van der Waals surface area contributed by atoms with Gasteiger partial charge in [0.05, 0.1) is 12.6 Å². The van der Waals surface area contributed by atoms with Crippen molar-refractivity contribution < 1.29 is 14.6 Å². The number of ether oxygens (including phenoxy) is 1. The highest BCUT2D eigenvalue weighted by atomic mass is 16.5. The summed E-state index contributed by atoms with van der Waals surface area (Å²) in [4.78, 5) is 13.8. The first-order valence-electron chi connectivity index (χ1n) is 8.71. The highest BCUT2D eigenvalue weighted by molar-refractivity contribution is 5.74. The Hall–Kier alpha value is -1.75. The van der Waals surface area contributed by atoms with E-state index in [1.54, 1.807) is 11.8 Å². The quantitative estimate of drug-likeness (QED) is 0.814. The van der Waals surface area contributed by atoms with Gasteiger partial charge in [0.15, 0.2) is 0 Å². The third kappa shape index (κ3) is 5.13. The van der Waals surface area contributed by atoms with Gasteiger partial charge in [-0.3, -0.25) is 0 Å². The average molecular weight is 334 g/mol. The van der Waals surface area contributed by atoms with Gasteiger partial charge in [0, 0.05) is 19.0 Å². The van der Waals surface area contributed by atoms with Crippen molar-refractivity contribution >= 4 is 6.03 Å². The number of likely N-dealkylation sites (tertiary alicyclic amines) is 1. The van der Waals surface area contributed by atoms with Gasteiger partial charge in [0.25, 0.3) is 0 Å². The lowest BCUT2D eigenvalue weighted by Gasteiger charge is -2.19. The maximum atomic E-state index is 12.1. The minimum atomic E-state index is -0.359. The van der Waals surface area contributed by atoms with E-state index >= 15 is 0 Å². The predicted octanol–water partition coefficient (Wildman–Crippen LogP) is 2.78. The van der Waals surface area contributed by atoms with E-state index in [-0.39, 0.29) is 23.5 Å². The molecule has 1 aliphatic rings. The van der Waals surface area contributed by atoms with Crippen LogP contribution >= 0.6 is 0 Å². The Labute approximate surface area is 145 Å². The summed E-state index contributed by atoms with van der Waals surface area (Å²) >= 11 is 0. The molecule has 1 aromatic rings. The molecule has 5 heteroatoms. The minimum Gasteiger partial charge on any atom is -0.492 e. The number of carbonyl (C=O) groups is 1. The Bertz CT molecular complexity index is 535. The fourth-order valence-electron chi connectivity index (χ4n) is 2.86. The van der Waals surface area contributed by atoms with E-state index < -0.39 is 0 Å². The van der Waals surface area contributed by atoms with Crippen molar-refractivity contribution in [2.45, 2.75) is 45.6 Å². The van der Waals surface area contributed by atoms with Gasteiger partial charge >= 0.3 is 6.03 Å². The van der Waals surface area contributed by atoms with Crippen molar-refractivity contribution in [2.75, 3.05) is 26.2 Å². The zero-order valence-corrected chi connectivity index (χ0v) is 15.2. The molecule has 1 aliphatic heterocycles. The number of benzene rings is 1. The summed E-state index contributed by atoms with van der Waals surface area (Å²) in [6.07, 6.45) is 0.504. The van der Waals surface area contributed by atoms with Crippen molar-refractivity contribution in [1.82, 2.24) is 10.2 Å². The Balaban J connectivity index is 1.69. The van der Waals surface area contributed by atoms with E-state index in [1.165, 1.54) is 5.56 Å². The van der Waals surface area contributed by atoms with Crippen molar-refractivity contribution in [3.8, 4) is 5.75 Å². The molecule has 134 valence electrons. The molecular weight excluding hydrogens is 304 g/mol. The summed E-state index contributed by atoms with van der Waals surface area (Å²) in [7, 11) is 0.